The number of urea groups is 1. The first-order valence-electron chi connectivity index (χ1n) is 9.84. The summed E-state index contributed by atoms with van der Waals surface area (Å²) in [6.45, 7) is 3.96. The van der Waals surface area contributed by atoms with Crippen LogP contribution in [0.15, 0.2) is 77.7 Å². The molecule has 2 aromatic carbocycles. The maximum atomic E-state index is 12.4. The van der Waals surface area contributed by atoms with Crippen molar-refractivity contribution in [1.82, 2.24) is 9.38 Å². The van der Waals surface area contributed by atoms with Crippen LogP contribution in [0.1, 0.15) is 16.8 Å². The summed E-state index contributed by atoms with van der Waals surface area (Å²) >= 11 is 0. The average molecular weight is 414 g/mol. The van der Waals surface area contributed by atoms with Gasteiger partial charge in [-0.1, -0.05) is 30.3 Å². The molecular weight excluding hydrogens is 392 g/mol. The minimum atomic E-state index is -0.376. The summed E-state index contributed by atoms with van der Waals surface area (Å²) in [6.07, 6.45) is 1.69. The number of para-hydroxylation sites is 2. The first kappa shape index (κ1) is 20.2. The molecule has 156 valence electrons. The van der Waals surface area contributed by atoms with Gasteiger partial charge in [0, 0.05) is 18.0 Å². The van der Waals surface area contributed by atoms with E-state index in [0.717, 1.165) is 11.1 Å². The Hall–Kier alpha value is -4.13. The fourth-order valence-electron chi connectivity index (χ4n) is 3.24. The molecule has 0 spiro atoms. The number of aryl methyl sites for hydroxylation is 2. The predicted octanol–water partition coefficient (Wildman–Crippen LogP) is 4.53. The predicted molar refractivity (Wildman–Crippen MR) is 121 cm³/mol. The number of ether oxygens (including phenoxy) is 1. The van der Waals surface area contributed by atoms with Crippen molar-refractivity contribution in [2.75, 3.05) is 10.6 Å². The number of fused-ring (bicyclic) bond motifs is 1. The lowest BCUT2D eigenvalue weighted by Gasteiger charge is -2.13. The summed E-state index contributed by atoms with van der Waals surface area (Å²) in [4.78, 5) is 29.3. The Labute approximate surface area is 179 Å². The number of anilines is 2. The molecule has 2 heterocycles. The lowest BCUT2D eigenvalue weighted by atomic mass is 10.2. The van der Waals surface area contributed by atoms with Gasteiger partial charge in [0.2, 0.25) is 0 Å². The molecule has 2 amide bonds. The number of hydrogen-bond donors (Lipinski definition) is 2. The molecule has 0 radical (unpaired) electrons. The van der Waals surface area contributed by atoms with Crippen molar-refractivity contribution in [3.63, 3.8) is 0 Å². The van der Waals surface area contributed by atoms with E-state index in [4.69, 9.17) is 4.74 Å². The van der Waals surface area contributed by atoms with E-state index in [1.807, 2.05) is 56.3 Å². The molecule has 2 aromatic heterocycles. The van der Waals surface area contributed by atoms with Crippen molar-refractivity contribution >= 4 is 23.1 Å². The van der Waals surface area contributed by atoms with Crippen LogP contribution in [0, 0.1) is 13.8 Å². The largest absolute Gasteiger partial charge is 0.485 e. The molecule has 0 aliphatic rings. The third kappa shape index (κ3) is 4.72. The zero-order chi connectivity index (χ0) is 21.8. The van der Waals surface area contributed by atoms with E-state index in [1.54, 1.807) is 24.4 Å². The lowest BCUT2D eigenvalue weighted by molar-refractivity contribution is 0.261. The first-order chi connectivity index (χ1) is 15.0. The van der Waals surface area contributed by atoms with Crippen molar-refractivity contribution in [2.24, 2.45) is 0 Å². The highest BCUT2D eigenvalue weighted by molar-refractivity contribution is 6.00. The summed E-state index contributed by atoms with van der Waals surface area (Å²) in [7, 11) is 0. The van der Waals surface area contributed by atoms with E-state index in [0.29, 0.717) is 28.5 Å². The molecule has 7 nitrogen and oxygen atoms in total. The zero-order valence-corrected chi connectivity index (χ0v) is 17.3. The summed E-state index contributed by atoms with van der Waals surface area (Å²) in [5, 5.41) is 5.61. The minimum absolute atomic E-state index is 0.0955. The average Bonchev–Trinajstić information content (AvgIpc) is 2.74. The topological polar surface area (TPSA) is 84.7 Å². The number of benzene rings is 2. The highest BCUT2D eigenvalue weighted by atomic mass is 16.5. The smallest absolute Gasteiger partial charge is 0.323 e. The molecule has 0 bridgehead atoms. The van der Waals surface area contributed by atoms with Crippen molar-refractivity contribution in [2.45, 2.75) is 20.5 Å². The Balaban J connectivity index is 1.49. The van der Waals surface area contributed by atoms with Crippen LogP contribution in [-0.2, 0) is 6.61 Å². The van der Waals surface area contributed by atoms with Crippen molar-refractivity contribution in [1.29, 1.82) is 0 Å². The lowest BCUT2D eigenvalue weighted by Crippen LogP contribution is -2.20. The third-order valence-corrected chi connectivity index (χ3v) is 4.73. The maximum absolute atomic E-state index is 12.4. The Morgan fingerprint density at radius 2 is 1.84 bits per heavy atom. The monoisotopic (exact) mass is 414 g/mol. The number of nitrogens with one attached hydrogen (secondary N) is 2. The molecule has 7 heteroatoms. The number of nitrogens with zero attached hydrogens (tertiary/aromatic N) is 2. The quantitative estimate of drug-likeness (QED) is 0.502. The van der Waals surface area contributed by atoms with Gasteiger partial charge in [0.15, 0.2) is 0 Å². The standard InChI is InChI=1S/C24H22N4O3/c1-16-7-5-9-18(13-16)26-24(30)27-20-10-3-4-11-21(20)31-15-19-14-22(29)28-12-6-8-17(2)23(28)25-19/h3-14H,15H2,1-2H3,(H2,26,27,30). The summed E-state index contributed by atoms with van der Waals surface area (Å²) in [6, 6.07) is 19.4. The van der Waals surface area contributed by atoms with Crippen LogP contribution in [0.2, 0.25) is 0 Å². The number of rotatable bonds is 5. The molecule has 2 N–H and O–H groups in total. The molecular formula is C24H22N4O3. The van der Waals surface area contributed by atoms with E-state index >= 15 is 0 Å². The zero-order valence-electron chi connectivity index (χ0n) is 17.3. The number of hydrogen-bond acceptors (Lipinski definition) is 4. The van der Waals surface area contributed by atoms with Gasteiger partial charge in [-0.2, -0.15) is 0 Å². The van der Waals surface area contributed by atoms with E-state index in [2.05, 4.69) is 15.6 Å². The Kier molecular flexibility index (Phi) is 5.66. The van der Waals surface area contributed by atoms with Gasteiger partial charge >= 0.3 is 6.03 Å². The van der Waals surface area contributed by atoms with Crippen LogP contribution in [0.4, 0.5) is 16.2 Å². The summed E-state index contributed by atoms with van der Waals surface area (Å²) < 4.78 is 7.39. The fourth-order valence-corrected chi connectivity index (χ4v) is 3.24. The molecule has 0 saturated heterocycles. The van der Waals surface area contributed by atoms with Crippen LogP contribution in [-0.4, -0.2) is 15.4 Å². The Bertz CT molecular complexity index is 1310. The summed E-state index contributed by atoms with van der Waals surface area (Å²) in [5.74, 6) is 0.480. The maximum Gasteiger partial charge on any atom is 0.323 e. The van der Waals surface area contributed by atoms with E-state index in [9.17, 15) is 9.59 Å². The van der Waals surface area contributed by atoms with Crippen LogP contribution in [0.3, 0.4) is 0 Å². The second kappa shape index (κ2) is 8.71. The third-order valence-electron chi connectivity index (χ3n) is 4.73. The van der Waals surface area contributed by atoms with Gasteiger partial charge in [0.25, 0.3) is 5.56 Å². The molecule has 4 rings (SSSR count). The van der Waals surface area contributed by atoms with E-state index < -0.39 is 0 Å². The molecule has 0 aliphatic heterocycles. The summed E-state index contributed by atoms with van der Waals surface area (Å²) in [5.41, 5.74) is 4.10. The van der Waals surface area contributed by atoms with Crippen LogP contribution in [0.5, 0.6) is 5.75 Å². The number of carbonyl (C=O) groups excluding carboxylic acids is 1. The van der Waals surface area contributed by atoms with Gasteiger partial charge < -0.3 is 15.4 Å². The van der Waals surface area contributed by atoms with Crippen LogP contribution in [0.25, 0.3) is 5.65 Å². The molecule has 0 fully saturated rings. The second-order valence-electron chi connectivity index (χ2n) is 7.20. The number of aromatic nitrogens is 2. The van der Waals surface area contributed by atoms with Gasteiger partial charge in [-0.3, -0.25) is 9.20 Å². The first-order valence-corrected chi connectivity index (χ1v) is 9.84. The number of amides is 2. The fraction of sp³-hybridized carbons (Fsp3) is 0.125. The molecule has 0 aliphatic carbocycles. The van der Waals surface area contributed by atoms with Crippen LogP contribution >= 0.6 is 0 Å². The number of pyridine rings is 1. The van der Waals surface area contributed by atoms with Crippen LogP contribution < -0.4 is 20.9 Å². The van der Waals surface area contributed by atoms with Crippen molar-refractivity contribution in [3.8, 4) is 5.75 Å². The number of carbonyl (C=O) groups is 1. The SMILES string of the molecule is Cc1cccc(NC(=O)Nc2ccccc2OCc2cc(=O)n3cccc(C)c3n2)c1. The molecule has 4 aromatic rings. The van der Waals surface area contributed by atoms with E-state index in [-0.39, 0.29) is 18.2 Å². The normalized spacial score (nSPS) is 10.6. The van der Waals surface area contributed by atoms with Gasteiger partial charge in [-0.15, -0.1) is 0 Å². The van der Waals surface area contributed by atoms with Gasteiger partial charge in [0.1, 0.15) is 18.0 Å². The highest BCUT2D eigenvalue weighted by Crippen LogP contribution is 2.25. The molecule has 0 atom stereocenters. The van der Waals surface area contributed by atoms with Crippen molar-refractivity contribution < 1.29 is 9.53 Å². The highest BCUT2D eigenvalue weighted by Gasteiger charge is 2.10. The molecule has 31 heavy (non-hydrogen) atoms. The Morgan fingerprint density at radius 3 is 2.68 bits per heavy atom. The van der Waals surface area contributed by atoms with E-state index in [1.165, 1.54) is 10.5 Å². The van der Waals surface area contributed by atoms with Gasteiger partial charge in [-0.25, -0.2) is 9.78 Å². The minimum Gasteiger partial charge on any atom is -0.485 e. The molecule has 0 unspecified atom stereocenters. The van der Waals surface area contributed by atoms with Gasteiger partial charge in [0.05, 0.1) is 11.4 Å². The van der Waals surface area contributed by atoms with Gasteiger partial charge in [-0.05, 0) is 55.3 Å². The Morgan fingerprint density at radius 1 is 1.00 bits per heavy atom. The second-order valence-corrected chi connectivity index (χ2v) is 7.20. The molecule has 0 saturated carbocycles. The van der Waals surface area contributed by atoms with Crippen molar-refractivity contribution in [3.05, 3.63) is 100 Å².